The SMILES string of the molecule is CN(C)c1ccc(Cl)cc1NC(=O)c1sc2ccccc2c1Cl. The largest absolute Gasteiger partial charge is 0.376 e. The fourth-order valence-electron chi connectivity index (χ4n) is 2.34. The van der Waals surface area contributed by atoms with Gasteiger partial charge >= 0.3 is 0 Å². The van der Waals surface area contributed by atoms with Crippen molar-refractivity contribution in [1.82, 2.24) is 0 Å². The molecule has 1 aromatic heterocycles. The van der Waals surface area contributed by atoms with Crippen molar-refractivity contribution in [2.24, 2.45) is 0 Å². The summed E-state index contributed by atoms with van der Waals surface area (Å²) >= 11 is 13.8. The minimum Gasteiger partial charge on any atom is -0.376 e. The lowest BCUT2D eigenvalue weighted by atomic mass is 10.2. The van der Waals surface area contributed by atoms with Gasteiger partial charge in [0.2, 0.25) is 0 Å². The summed E-state index contributed by atoms with van der Waals surface area (Å²) in [5.74, 6) is -0.235. The number of benzene rings is 2. The molecule has 0 bridgehead atoms. The summed E-state index contributed by atoms with van der Waals surface area (Å²) in [6, 6.07) is 13.1. The molecule has 3 nitrogen and oxygen atoms in total. The molecule has 0 aliphatic carbocycles. The van der Waals surface area contributed by atoms with Gasteiger partial charge in [0.15, 0.2) is 0 Å². The van der Waals surface area contributed by atoms with Gasteiger partial charge in [-0.25, -0.2) is 0 Å². The van der Waals surface area contributed by atoms with E-state index < -0.39 is 0 Å². The summed E-state index contributed by atoms with van der Waals surface area (Å²) in [4.78, 5) is 15.1. The van der Waals surface area contributed by atoms with Gasteiger partial charge in [-0.3, -0.25) is 4.79 Å². The molecule has 1 N–H and O–H groups in total. The average molecular weight is 365 g/mol. The molecule has 118 valence electrons. The number of amides is 1. The molecule has 0 saturated carbocycles. The summed E-state index contributed by atoms with van der Waals surface area (Å²) in [6.45, 7) is 0. The van der Waals surface area contributed by atoms with Crippen LogP contribution in [0.4, 0.5) is 11.4 Å². The van der Waals surface area contributed by atoms with Gasteiger partial charge in [0, 0.05) is 29.2 Å². The molecule has 0 radical (unpaired) electrons. The Morgan fingerprint density at radius 1 is 1.13 bits per heavy atom. The van der Waals surface area contributed by atoms with E-state index in [0.717, 1.165) is 15.8 Å². The van der Waals surface area contributed by atoms with Gasteiger partial charge in [0.1, 0.15) is 4.88 Å². The van der Waals surface area contributed by atoms with E-state index in [1.165, 1.54) is 11.3 Å². The Bertz CT molecular complexity index is 889. The zero-order chi connectivity index (χ0) is 16.6. The van der Waals surface area contributed by atoms with Gasteiger partial charge in [0.25, 0.3) is 5.91 Å². The highest BCUT2D eigenvalue weighted by atomic mass is 35.5. The summed E-state index contributed by atoms with van der Waals surface area (Å²) in [5.41, 5.74) is 1.53. The Morgan fingerprint density at radius 2 is 1.87 bits per heavy atom. The second kappa shape index (κ2) is 6.40. The zero-order valence-corrected chi connectivity index (χ0v) is 14.9. The van der Waals surface area contributed by atoms with Crippen molar-refractivity contribution in [3.05, 3.63) is 57.4 Å². The molecule has 1 heterocycles. The third-order valence-electron chi connectivity index (χ3n) is 3.43. The van der Waals surface area contributed by atoms with Crippen LogP contribution in [0.25, 0.3) is 10.1 Å². The molecule has 0 atom stereocenters. The average Bonchev–Trinajstić information content (AvgIpc) is 2.85. The van der Waals surface area contributed by atoms with Crippen molar-refractivity contribution in [2.75, 3.05) is 24.3 Å². The third-order valence-corrected chi connectivity index (χ3v) is 5.34. The van der Waals surface area contributed by atoms with Crippen molar-refractivity contribution >= 4 is 61.9 Å². The van der Waals surface area contributed by atoms with Gasteiger partial charge in [-0.1, -0.05) is 41.4 Å². The quantitative estimate of drug-likeness (QED) is 0.662. The summed E-state index contributed by atoms with van der Waals surface area (Å²) in [5, 5.41) is 4.85. The predicted octanol–water partition coefficient (Wildman–Crippen LogP) is 5.53. The van der Waals surface area contributed by atoms with Crippen LogP contribution in [-0.2, 0) is 0 Å². The molecule has 0 unspecified atom stereocenters. The molecule has 6 heteroatoms. The van der Waals surface area contributed by atoms with Crippen LogP contribution in [0.2, 0.25) is 10.0 Å². The Kier molecular flexibility index (Phi) is 4.48. The van der Waals surface area contributed by atoms with Crippen LogP contribution < -0.4 is 10.2 Å². The van der Waals surface area contributed by atoms with Gasteiger partial charge in [-0.15, -0.1) is 11.3 Å². The minimum atomic E-state index is -0.235. The van der Waals surface area contributed by atoms with Crippen LogP contribution in [-0.4, -0.2) is 20.0 Å². The first-order chi connectivity index (χ1) is 11.0. The summed E-state index contributed by atoms with van der Waals surface area (Å²) in [7, 11) is 3.82. The second-order valence-electron chi connectivity index (χ2n) is 5.25. The first-order valence-electron chi connectivity index (χ1n) is 6.92. The Morgan fingerprint density at radius 3 is 2.57 bits per heavy atom. The lowest BCUT2D eigenvalue weighted by molar-refractivity contribution is 0.103. The maximum Gasteiger partial charge on any atom is 0.267 e. The van der Waals surface area contributed by atoms with E-state index in [-0.39, 0.29) is 5.91 Å². The first kappa shape index (κ1) is 16.1. The normalized spacial score (nSPS) is 10.8. The van der Waals surface area contributed by atoms with E-state index in [9.17, 15) is 4.79 Å². The number of carbonyl (C=O) groups excluding carboxylic acids is 1. The van der Waals surface area contributed by atoms with Crippen molar-refractivity contribution in [2.45, 2.75) is 0 Å². The molecule has 0 saturated heterocycles. The Hall–Kier alpha value is -1.75. The highest BCUT2D eigenvalue weighted by Crippen LogP contribution is 2.36. The van der Waals surface area contributed by atoms with E-state index in [1.54, 1.807) is 12.1 Å². The topological polar surface area (TPSA) is 32.3 Å². The standard InChI is InChI=1S/C17H14Cl2N2OS/c1-21(2)13-8-7-10(18)9-12(13)20-17(22)16-15(19)11-5-3-4-6-14(11)23-16/h3-9H,1-2H3,(H,20,22). The molecule has 3 aromatic rings. The maximum absolute atomic E-state index is 12.6. The molecular formula is C17H14Cl2N2OS. The van der Waals surface area contributed by atoms with Crippen LogP contribution in [0.3, 0.4) is 0 Å². The fourth-order valence-corrected chi connectivity index (χ4v) is 3.92. The third kappa shape index (κ3) is 3.15. The predicted molar refractivity (Wildman–Crippen MR) is 101 cm³/mol. The van der Waals surface area contributed by atoms with Crippen LogP contribution in [0, 0.1) is 0 Å². The van der Waals surface area contributed by atoms with E-state index in [1.807, 2.05) is 49.3 Å². The number of carbonyl (C=O) groups is 1. The van der Waals surface area contributed by atoms with Crippen molar-refractivity contribution in [3.8, 4) is 0 Å². The summed E-state index contributed by atoms with van der Waals surface area (Å²) < 4.78 is 0.988. The van der Waals surface area contributed by atoms with Crippen LogP contribution >= 0.6 is 34.5 Å². The number of thiophene rings is 1. The number of anilines is 2. The van der Waals surface area contributed by atoms with Gasteiger partial charge in [-0.05, 0) is 24.3 Å². The second-order valence-corrected chi connectivity index (χ2v) is 7.12. The number of nitrogens with one attached hydrogen (secondary N) is 1. The van der Waals surface area contributed by atoms with Crippen molar-refractivity contribution in [1.29, 1.82) is 0 Å². The molecule has 0 aliphatic rings. The molecule has 23 heavy (non-hydrogen) atoms. The number of fused-ring (bicyclic) bond motifs is 1. The number of halogens is 2. The van der Waals surface area contributed by atoms with Crippen LogP contribution in [0.1, 0.15) is 9.67 Å². The molecule has 3 rings (SSSR count). The molecule has 0 fully saturated rings. The lowest BCUT2D eigenvalue weighted by Crippen LogP contribution is -2.16. The molecule has 1 amide bonds. The number of nitrogens with zero attached hydrogens (tertiary/aromatic N) is 1. The highest BCUT2D eigenvalue weighted by molar-refractivity contribution is 7.21. The minimum absolute atomic E-state index is 0.235. The maximum atomic E-state index is 12.6. The van der Waals surface area contributed by atoms with E-state index in [4.69, 9.17) is 23.2 Å². The van der Waals surface area contributed by atoms with Gasteiger partial charge in [0.05, 0.1) is 16.4 Å². The highest BCUT2D eigenvalue weighted by Gasteiger charge is 2.18. The molecule has 0 spiro atoms. The lowest BCUT2D eigenvalue weighted by Gasteiger charge is -2.18. The molecule has 0 aliphatic heterocycles. The number of rotatable bonds is 3. The number of hydrogen-bond donors (Lipinski definition) is 1. The monoisotopic (exact) mass is 364 g/mol. The molecular weight excluding hydrogens is 351 g/mol. The van der Waals surface area contributed by atoms with Crippen molar-refractivity contribution < 1.29 is 4.79 Å². The Labute approximate surface area is 148 Å². The Balaban J connectivity index is 1.98. The van der Waals surface area contributed by atoms with E-state index >= 15 is 0 Å². The van der Waals surface area contributed by atoms with E-state index in [2.05, 4.69) is 5.32 Å². The van der Waals surface area contributed by atoms with Crippen LogP contribution in [0.5, 0.6) is 0 Å². The van der Waals surface area contributed by atoms with Crippen molar-refractivity contribution in [3.63, 3.8) is 0 Å². The van der Waals surface area contributed by atoms with Crippen LogP contribution in [0.15, 0.2) is 42.5 Å². The van der Waals surface area contributed by atoms with E-state index in [0.29, 0.717) is 20.6 Å². The fraction of sp³-hybridized carbons (Fsp3) is 0.118. The smallest absolute Gasteiger partial charge is 0.267 e. The first-order valence-corrected chi connectivity index (χ1v) is 8.50. The zero-order valence-electron chi connectivity index (χ0n) is 12.6. The molecule has 2 aromatic carbocycles. The van der Waals surface area contributed by atoms with Gasteiger partial charge < -0.3 is 10.2 Å². The van der Waals surface area contributed by atoms with Gasteiger partial charge in [-0.2, -0.15) is 0 Å². The summed E-state index contributed by atoms with van der Waals surface area (Å²) in [6.07, 6.45) is 0. The number of hydrogen-bond acceptors (Lipinski definition) is 3.